The van der Waals surface area contributed by atoms with Crippen molar-refractivity contribution in [1.82, 2.24) is 0 Å². The van der Waals surface area contributed by atoms with Crippen LogP contribution in [-0.2, 0) is 19.1 Å². The van der Waals surface area contributed by atoms with E-state index in [1.54, 1.807) is 13.0 Å². The maximum atomic E-state index is 12.2. The smallest absolute Gasteiger partial charge is 0.334 e. The number of unbranched alkanes of at least 4 members (excludes halogenated alkanes) is 10. The molecule has 8 nitrogen and oxygen atoms in total. The van der Waals surface area contributed by atoms with Gasteiger partial charge in [0.2, 0.25) is 0 Å². The van der Waals surface area contributed by atoms with Gasteiger partial charge >= 0.3 is 5.97 Å². The fraction of sp³-hybridized carbons (Fsp3) is 0.886. The van der Waals surface area contributed by atoms with Gasteiger partial charge in [-0.05, 0) is 64.4 Å². The van der Waals surface area contributed by atoms with Crippen molar-refractivity contribution in [1.29, 1.82) is 0 Å². The molecule has 43 heavy (non-hydrogen) atoms. The Balaban J connectivity index is 1.43. The molecule has 2 rings (SSSR count). The Morgan fingerprint density at radius 1 is 0.767 bits per heavy atom. The summed E-state index contributed by atoms with van der Waals surface area (Å²) < 4.78 is 11.1. The van der Waals surface area contributed by atoms with Gasteiger partial charge in [-0.2, -0.15) is 0 Å². The minimum Gasteiger partial charge on any atom is -0.455 e. The van der Waals surface area contributed by atoms with Gasteiger partial charge in [0.05, 0.1) is 36.6 Å². The number of ether oxygens (including phenoxy) is 2. The highest BCUT2D eigenvalue weighted by atomic mass is 16.5. The fourth-order valence-electron chi connectivity index (χ4n) is 6.34. The molecule has 0 aromatic rings. The number of hydrogen-bond donors (Lipinski definition) is 4. The molecular formula is C35H62O8. The molecule has 0 amide bonds. The standard InChI is InChI=1S/C35H62O8/c1-3-4-5-6-7-8-9-13-19-31(39)33-21-22-34(43-33)32(40)20-14-11-10-12-16-29(37)25-30(38)18-15-17-28(36)24-27-23-26(2)42-35(27)41/h23,26,28,30-34,36,38-40H,3-22,24-25H2,1-2H3/t26-,28+,30+,31+,32-,33+,34-/m0/s1. The van der Waals surface area contributed by atoms with Gasteiger partial charge in [-0.1, -0.05) is 77.6 Å². The molecule has 2 aliphatic heterocycles. The number of aliphatic hydroxyl groups is 4. The Morgan fingerprint density at radius 2 is 1.30 bits per heavy atom. The maximum absolute atomic E-state index is 12.2. The zero-order chi connectivity index (χ0) is 31.5. The highest BCUT2D eigenvalue weighted by Gasteiger charge is 2.34. The van der Waals surface area contributed by atoms with E-state index in [4.69, 9.17) is 9.47 Å². The molecule has 0 bridgehead atoms. The van der Waals surface area contributed by atoms with E-state index >= 15 is 0 Å². The summed E-state index contributed by atoms with van der Waals surface area (Å²) in [5.74, 6) is -0.318. The van der Waals surface area contributed by atoms with Crippen LogP contribution in [-0.4, -0.2) is 74.9 Å². The normalized spacial score (nSPS) is 23.2. The summed E-state index contributed by atoms with van der Waals surface area (Å²) in [4.78, 5) is 23.9. The molecule has 8 heteroatoms. The highest BCUT2D eigenvalue weighted by Crippen LogP contribution is 2.28. The molecule has 0 saturated carbocycles. The topological polar surface area (TPSA) is 134 Å². The third kappa shape index (κ3) is 16.5. The third-order valence-electron chi connectivity index (χ3n) is 8.99. The first-order valence-corrected chi connectivity index (χ1v) is 17.5. The first-order chi connectivity index (χ1) is 20.7. The Kier molecular flexibility index (Phi) is 19.6. The second kappa shape index (κ2) is 22.2. The van der Waals surface area contributed by atoms with Crippen molar-refractivity contribution in [3.05, 3.63) is 11.6 Å². The van der Waals surface area contributed by atoms with Crippen LogP contribution in [0.1, 0.15) is 155 Å². The summed E-state index contributed by atoms with van der Waals surface area (Å²) in [6.45, 7) is 4.01. The van der Waals surface area contributed by atoms with Crippen molar-refractivity contribution in [3.8, 4) is 0 Å². The largest absolute Gasteiger partial charge is 0.455 e. The van der Waals surface area contributed by atoms with Crippen molar-refractivity contribution >= 4 is 11.8 Å². The summed E-state index contributed by atoms with van der Waals surface area (Å²) in [6, 6.07) is 0. The second-order valence-corrected chi connectivity index (χ2v) is 13.1. The van der Waals surface area contributed by atoms with Crippen LogP contribution in [0.4, 0.5) is 0 Å². The lowest BCUT2D eigenvalue weighted by molar-refractivity contribution is -0.139. The molecule has 0 unspecified atom stereocenters. The predicted molar refractivity (Wildman–Crippen MR) is 169 cm³/mol. The van der Waals surface area contributed by atoms with Gasteiger partial charge in [0.1, 0.15) is 11.9 Å². The molecule has 2 heterocycles. The Bertz CT molecular complexity index is 799. The van der Waals surface area contributed by atoms with Crippen LogP contribution in [0.5, 0.6) is 0 Å². The van der Waals surface area contributed by atoms with Gasteiger partial charge in [0.25, 0.3) is 0 Å². The van der Waals surface area contributed by atoms with Crippen LogP contribution in [0.3, 0.4) is 0 Å². The SMILES string of the molecule is CCCCCCCCCC[C@@H](O)[C@H]1CC[C@@H]([C@@H](O)CCCCCCC(=O)C[C@H](O)CCC[C@@H](O)CC2=C[C@H](C)OC2=O)O1. The number of cyclic esters (lactones) is 1. The van der Waals surface area contributed by atoms with E-state index in [9.17, 15) is 30.0 Å². The summed E-state index contributed by atoms with van der Waals surface area (Å²) in [6.07, 6.45) is 17.7. The molecule has 0 aliphatic carbocycles. The maximum Gasteiger partial charge on any atom is 0.334 e. The minimum atomic E-state index is -0.709. The van der Waals surface area contributed by atoms with Crippen LogP contribution in [0.15, 0.2) is 11.6 Å². The van der Waals surface area contributed by atoms with Crippen molar-refractivity contribution in [2.24, 2.45) is 0 Å². The molecule has 4 N–H and O–H groups in total. The number of aliphatic hydroxyl groups excluding tert-OH is 4. The van der Waals surface area contributed by atoms with Crippen molar-refractivity contribution in [3.63, 3.8) is 0 Å². The third-order valence-corrected chi connectivity index (χ3v) is 8.99. The van der Waals surface area contributed by atoms with Crippen LogP contribution in [0.25, 0.3) is 0 Å². The minimum absolute atomic E-state index is 0.0526. The number of carbonyl (C=O) groups excluding carboxylic acids is 2. The lowest BCUT2D eigenvalue weighted by Gasteiger charge is -2.22. The molecule has 0 aromatic heterocycles. The molecule has 0 radical (unpaired) electrons. The van der Waals surface area contributed by atoms with Crippen LogP contribution in [0.2, 0.25) is 0 Å². The molecule has 1 saturated heterocycles. The van der Waals surface area contributed by atoms with Crippen LogP contribution >= 0.6 is 0 Å². The molecule has 1 fully saturated rings. The van der Waals surface area contributed by atoms with E-state index in [0.29, 0.717) is 37.7 Å². The fourth-order valence-corrected chi connectivity index (χ4v) is 6.34. The van der Waals surface area contributed by atoms with E-state index in [2.05, 4.69) is 6.92 Å². The van der Waals surface area contributed by atoms with Gasteiger partial charge in [-0.3, -0.25) is 4.79 Å². The number of hydrogen-bond acceptors (Lipinski definition) is 8. The Morgan fingerprint density at radius 3 is 1.86 bits per heavy atom. The predicted octanol–water partition coefficient (Wildman–Crippen LogP) is 6.24. The van der Waals surface area contributed by atoms with Crippen molar-refractivity contribution in [2.45, 2.75) is 198 Å². The number of carbonyl (C=O) groups is 2. The van der Waals surface area contributed by atoms with Crippen molar-refractivity contribution < 1.29 is 39.5 Å². The van der Waals surface area contributed by atoms with Gasteiger partial charge in [0.15, 0.2) is 0 Å². The summed E-state index contributed by atoms with van der Waals surface area (Å²) in [5, 5.41) is 41.5. The molecular weight excluding hydrogens is 548 g/mol. The first-order valence-electron chi connectivity index (χ1n) is 17.5. The van der Waals surface area contributed by atoms with Crippen LogP contribution in [0, 0.1) is 0 Å². The summed E-state index contributed by atoms with van der Waals surface area (Å²) >= 11 is 0. The summed E-state index contributed by atoms with van der Waals surface area (Å²) in [7, 11) is 0. The Labute approximate surface area is 260 Å². The monoisotopic (exact) mass is 610 g/mol. The zero-order valence-corrected chi connectivity index (χ0v) is 27.1. The molecule has 250 valence electrons. The van der Waals surface area contributed by atoms with E-state index < -0.39 is 24.4 Å². The number of esters is 1. The van der Waals surface area contributed by atoms with Gasteiger partial charge in [0, 0.05) is 24.8 Å². The summed E-state index contributed by atoms with van der Waals surface area (Å²) in [5.41, 5.74) is 0.505. The number of rotatable bonds is 26. The molecule has 2 aliphatic rings. The molecule has 7 atom stereocenters. The average Bonchev–Trinajstić information content (AvgIpc) is 3.58. The van der Waals surface area contributed by atoms with E-state index in [1.807, 2.05) is 0 Å². The molecule has 0 spiro atoms. The van der Waals surface area contributed by atoms with E-state index in [-0.39, 0.29) is 42.9 Å². The number of ketones is 1. The molecule has 0 aromatic carbocycles. The van der Waals surface area contributed by atoms with Gasteiger partial charge < -0.3 is 29.9 Å². The number of Topliss-reactive ketones (excluding diaryl/α,β-unsaturated/α-hetero) is 1. The van der Waals surface area contributed by atoms with Gasteiger partial charge in [-0.25, -0.2) is 4.79 Å². The average molecular weight is 611 g/mol. The lowest BCUT2D eigenvalue weighted by Crippen LogP contribution is -2.31. The van der Waals surface area contributed by atoms with Crippen LogP contribution < -0.4 is 0 Å². The Hall–Kier alpha value is -1.32. The van der Waals surface area contributed by atoms with Crippen molar-refractivity contribution in [2.75, 3.05) is 0 Å². The highest BCUT2D eigenvalue weighted by molar-refractivity contribution is 5.90. The lowest BCUT2D eigenvalue weighted by atomic mass is 9.98. The van der Waals surface area contributed by atoms with E-state index in [0.717, 1.165) is 51.4 Å². The quantitative estimate of drug-likeness (QED) is 0.0668. The van der Waals surface area contributed by atoms with Gasteiger partial charge in [-0.15, -0.1) is 0 Å². The zero-order valence-electron chi connectivity index (χ0n) is 27.1. The van der Waals surface area contributed by atoms with E-state index in [1.165, 1.54) is 44.9 Å². The first kappa shape index (κ1) is 37.9. The second-order valence-electron chi connectivity index (χ2n) is 13.1.